The summed E-state index contributed by atoms with van der Waals surface area (Å²) in [5, 5.41) is 10.9. The highest BCUT2D eigenvalue weighted by Gasteiger charge is 2.48. The Morgan fingerprint density at radius 2 is 2.03 bits per heavy atom. The van der Waals surface area contributed by atoms with Gasteiger partial charge < -0.3 is 20.1 Å². The summed E-state index contributed by atoms with van der Waals surface area (Å²) >= 11 is 0. The molecule has 176 valence electrons. The van der Waals surface area contributed by atoms with E-state index < -0.39 is 17.4 Å². The summed E-state index contributed by atoms with van der Waals surface area (Å²) in [4.78, 5) is 44.2. The van der Waals surface area contributed by atoms with Gasteiger partial charge in [-0.05, 0) is 55.2 Å². The molecule has 2 aliphatic heterocycles. The van der Waals surface area contributed by atoms with E-state index in [1.54, 1.807) is 29.7 Å². The number of aryl methyl sites for hydroxylation is 1. The SMILES string of the molecule is CCc1c2c(nc3ccc(O)cc13)-c1cc3c(c(=O)n1C2)COC(=O)C3(CC)CC(=O)C(C)N. The van der Waals surface area contributed by atoms with Crippen molar-refractivity contribution in [1.29, 1.82) is 0 Å². The fourth-order valence-electron chi connectivity index (χ4n) is 5.38. The Kier molecular flexibility index (Phi) is 5.09. The molecule has 34 heavy (non-hydrogen) atoms. The number of aromatic nitrogens is 2. The van der Waals surface area contributed by atoms with Gasteiger partial charge in [-0.2, -0.15) is 0 Å². The molecule has 8 heteroatoms. The molecule has 2 aromatic heterocycles. The van der Waals surface area contributed by atoms with Crippen LogP contribution in [0.5, 0.6) is 5.75 Å². The first-order valence-corrected chi connectivity index (χ1v) is 11.6. The van der Waals surface area contributed by atoms with Gasteiger partial charge in [-0.15, -0.1) is 0 Å². The molecule has 8 nitrogen and oxygen atoms in total. The normalized spacial score (nSPS) is 19.4. The summed E-state index contributed by atoms with van der Waals surface area (Å²) in [6.45, 7) is 5.67. The number of cyclic esters (lactones) is 1. The van der Waals surface area contributed by atoms with E-state index >= 15 is 0 Å². The van der Waals surface area contributed by atoms with E-state index in [0.717, 1.165) is 22.0 Å². The Hall–Kier alpha value is -3.52. The fourth-order valence-corrected chi connectivity index (χ4v) is 5.38. The number of fused-ring (bicyclic) bond motifs is 5. The number of esters is 1. The lowest BCUT2D eigenvalue weighted by atomic mass is 9.71. The van der Waals surface area contributed by atoms with E-state index in [4.69, 9.17) is 15.5 Å². The molecule has 0 bridgehead atoms. The van der Waals surface area contributed by atoms with Gasteiger partial charge in [-0.1, -0.05) is 13.8 Å². The average Bonchev–Trinajstić information content (AvgIpc) is 3.18. The van der Waals surface area contributed by atoms with Crippen LogP contribution in [0.15, 0.2) is 29.1 Å². The van der Waals surface area contributed by atoms with Gasteiger partial charge in [0.25, 0.3) is 5.56 Å². The summed E-state index contributed by atoms with van der Waals surface area (Å²) in [5.74, 6) is -0.602. The molecule has 2 unspecified atom stereocenters. The molecule has 4 heterocycles. The van der Waals surface area contributed by atoms with Crippen LogP contribution in [0.1, 0.15) is 55.9 Å². The molecule has 1 aromatic carbocycles. The average molecular weight is 462 g/mol. The van der Waals surface area contributed by atoms with Crippen LogP contribution in [-0.2, 0) is 39.3 Å². The zero-order chi connectivity index (χ0) is 24.4. The molecule has 0 saturated heterocycles. The summed E-state index contributed by atoms with van der Waals surface area (Å²) in [7, 11) is 0. The third-order valence-corrected chi connectivity index (χ3v) is 7.34. The van der Waals surface area contributed by atoms with Gasteiger partial charge in [0.05, 0.1) is 35.1 Å². The first-order chi connectivity index (χ1) is 16.2. The molecule has 2 atom stereocenters. The van der Waals surface area contributed by atoms with Crippen molar-refractivity contribution in [3.8, 4) is 17.1 Å². The minimum absolute atomic E-state index is 0.118. The molecule has 0 saturated carbocycles. The van der Waals surface area contributed by atoms with Crippen LogP contribution in [0.25, 0.3) is 22.3 Å². The van der Waals surface area contributed by atoms with Crippen molar-refractivity contribution in [3.05, 3.63) is 56.9 Å². The highest BCUT2D eigenvalue weighted by molar-refractivity contribution is 5.95. The lowest BCUT2D eigenvalue weighted by Crippen LogP contribution is -2.47. The maximum atomic E-state index is 13.6. The second-order valence-corrected chi connectivity index (χ2v) is 9.23. The van der Waals surface area contributed by atoms with Gasteiger partial charge in [0.15, 0.2) is 5.78 Å². The van der Waals surface area contributed by atoms with Crippen molar-refractivity contribution in [2.75, 3.05) is 0 Å². The maximum Gasteiger partial charge on any atom is 0.317 e. The van der Waals surface area contributed by atoms with E-state index in [1.807, 2.05) is 19.9 Å². The number of carbonyl (C=O) groups excluding carboxylic acids is 2. The van der Waals surface area contributed by atoms with Crippen molar-refractivity contribution in [2.24, 2.45) is 5.73 Å². The van der Waals surface area contributed by atoms with Gasteiger partial charge in [0.1, 0.15) is 17.8 Å². The van der Waals surface area contributed by atoms with Crippen LogP contribution in [0.2, 0.25) is 0 Å². The number of Topliss-reactive ketones (excluding diaryl/α,β-unsaturated/α-hetero) is 1. The number of pyridine rings is 2. The number of phenols is 1. The van der Waals surface area contributed by atoms with E-state index in [1.165, 1.54) is 0 Å². The predicted octanol–water partition coefficient (Wildman–Crippen LogP) is 2.70. The van der Waals surface area contributed by atoms with E-state index in [0.29, 0.717) is 41.9 Å². The first-order valence-electron chi connectivity index (χ1n) is 11.6. The van der Waals surface area contributed by atoms with Gasteiger partial charge in [0.2, 0.25) is 0 Å². The van der Waals surface area contributed by atoms with E-state index in [9.17, 15) is 19.5 Å². The number of ether oxygens (including phenoxy) is 1. The molecule has 2 aliphatic rings. The number of carbonyl (C=O) groups is 2. The first kappa shape index (κ1) is 22.3. The lowest BCUT2D eigenvalue weighted by Gasteiger charge is -2.36. The van der Waals surface area contributed by atoms with Crippen LogP contribution in [0.4, 0.5) is 0 Å². The van der Waals surface area contributed by atoms with Crippen molar-refractivity contribution in [2.45, 2.75) is 64.6 Å². The lowest BCUT2D eigenvalue weighted by molar-refractivity contribution is -0.156. The summed E-state index contributed by atoms with van der Waals surface area (Å²) in [6.07, 6.45) is 0.891. The molecule has 0 amide bonds. The van der Waals surface area contributed by atoms with Crippen molar-refractivity contribution in [3.63, 3.8) is 0 Å². The maximum absolute atomic E-state index is 13.6. The largest absolute Gasteiger partial charge is 0.508 e. The molecule has 5 rings (SSSR count). The molecule has 0 spiro atoms. The molecule has 3 N–H and O–H groups in total. The molecule has 0 aliphatic carbocycles. The number of phenolic OH excluding ortho intramolecular Hbond substituents is 1. The molecule has 3 aromatic rings. The zero-order valence-corrected chi connectivity index (χ0v) is 19.5. The van der Waals surface area contributed by atoms with Crippen molar-refractivity contribution >= 4 is 22.7 Å². The van der Waals surface area contributed by atoms with Crippen LogP contribution in [0, 0.1) is 0 Å². The van der Waals surface area contributed by atoms with Crippen molar-refractivity contribution < 1.29 is 19.4 Å². The Bertz CT molecular complexity index is 1440. The van der Waals surface area contributed by atoms with Crippen LogP contribution >= 0.6 is 0 Å². The third kappa shape index (κ3) is 3.01. The summed E-state index contributed by atoms with van der Waals surface area (Å²) in [5.41, 5.74) is 9.26. The third-order valence-electron chi connectivity index (χ3n) is 7.34. The fraction of sp³-hybridized carbons (Fsp3) is 0.385. The smallest absolute Gasteiger partial charge is 0.317 e. The number of rotatable bonds is 5. The standard InChI is InChI=1S/C26H27N3O5/c1-4-15-16-8-14(30)6-7-20(16)28-23-17(15)11-29-21(23)9-19-18(24(29)32)12-34-25(33)26(19,5-2)10-22(31)13(3)27/h6-9,13,30H,4-5,10-12,27H2,1-3H3. The van der Waals surface area contributed by atoms with Crippen LogP contribution in [0.3, 0.4) is 0 Å². The van der Waals surface area contributed by atoms with E-state index in [-0.39, 0.29) is 30.1 Å². The second kappa shape index (κ2) is 7.77. The minimum atomic E-state index is -1.26. The topological polar surface area (TPSA) is 125 Å². The highest BCUT2D eigenvalue weighted by Crippen LogP contribution is 2.43. The molecule has 0 radical (unpaired) electrons. The number of nitrogens with two attached hydrogens (primary N) is 1. The Balaban J connectivity index is 1.78. The van der Waals surface area contributed by atoms with Crippen LogP contribution in [-0.4, -0.2) is 32.5 Å². The van der Waals surface area contributed by atoms with Gasteiger partial charge in [-0.3, -0.25) is 14.4 Å². The Morgan fingerprint density at radius 3 is 2.71 bits per heavy atom. The van der Waals surface area contributed by atoms with Crippen molar-refractivity contribution in [1.82, 2.24) is 9.55 Å². The molecular formula is C26H27N3O5. The number of ketones is 1. The Labute approximate surface area is 196 Å². The number of hydrogen-bond donors (Lipinski definition) is 2. The van der Waals surface area contributed by atoms with Gasteiger partial charge >= 0.3 is 5.97 Å². The Morgan fingerprint density at radius 1 is 1.26 bits per heavy atom. The number of aromatic hydroxyl groups is 1. The highest BCUT2D eigenvalue weighted by atomic mass is 16.5. The van der Waals surface area contributed by atoms with E-state index in [2.05, 4.69) is 0 Å². The second-order valence-electron chi connectivity index (χ2n) is 9.23. The zero-order valence-electron chi connectivity index (χ0n) is 19.5. The monoisotopic (exact) mass is 461 g/mol. The number of benzene rings is 1. The number of nitrogens with zero attached hydrogens (tertiary/aromatic N) is 2. The summed E-state index contributed by atoms with van der Waals surface area (Å²) < 4.78 is 7.11. The molecule has 0 fully saturated rings. The predicted molar refractivity (Wildman–Crippen MR) is 127 cm³/mol. The van der Waals surface area contributed by atoms with Gasteiger partial charge in [0, 0.05) is 17.4 Å². The van der Waals surface area contributed by atoms with Crippen LogP contribution < -0.4 is 11.3 Å². The number of hydrogen-bond acceptors (Lipinski definition) is 7. The van der Waals surface area contributed by atoms with Gasteiger partial charge in [-0.25, -0.2) is 4.98 Å². The minimum Gasteiger partial charge on any atom is -0.508 e. The molecular weight excluding hydrogens is 434 g/mol. The quantitative estimate of drug-likeness (QED) is 0.438. The summed E-state index contributed by atoms with van der Waals surface area (Å²) in [6, 6.07) is 6.17.